The van der Waals surface area contributed by atoms with Crippen LogP contribution in [0.4, 0.5) is 0 Å². The molecule has 20 heavy (non-hydrogen) atoms. The minimum atomic E-state index is -0.0749. The molecule has 106 valence electrons. The lowest BCUT2D eigenvalue weighted by atomic mass is 10.1. The molecule has 1 aliphatic rings. The molecule has 3 rings (SSSR count). The van der Waals surface area contributed by atoms with Crippen molar-refractivity contribution in [2.24, 2.45) is 0 Å². The van der Waals surface area contributed by atoms with Gasteiger partial charge >= 0.3 is 0 Å². The number of fused-ring (bicyclic) bond motifs is 1. The van der Waals surface area contributed by atoms with Crippen molar-refractivity contribution < 1.29 is 0 Å². The van der Waals surface area contributed by atoms with Crippen molar-refractivity contribution >= 4 is 12.2 Å². The number of hydrogen-bond acceptors (Lipinski definition) is 4. The Bertz CT molecular complexity index is 737. The van der Waals surface area contributed by atoms with Gasteiger partial charge in [0.2, 0.25) is 0 Å². The molecule has 3 heterocycles. The highest BCUT2D eigenvalue weighted by molar-refractivity contribution is 7.71. The summed E-state index contributed by atoms with van der Waals surface area (Å²) in [6, 6.07) is 0. The van der Waals surface area contributed by atoms with Gasteiger partial charge in [-0.15, -0.1) is 0 Å². The zero-order chi connectivity index (χ0) is 14.3. The van der Waals surface area contributed by atoms with Crippen molar-refractivity contribution in [3.8, 4) is 0 Å². The van der Waals surface area contributed by atoms with Gasteiger partial charge in [0, 0.05) is 43.0 Å². The predicted molar refractivity (Wildman–Crippen MR) is 78.1 cm³/mol. The number of rotatable bonds is 2. The fraction of sp³-hybridized carbons (Fsp3) is 0.462. The maximum Gasteiger partial charge on any atom is 0.256 e. The Morgan fingerprint density at radius 2 is 2.15 bits per heavy atom. The molecule has 0 aliphatic carbocycles. The lowest BCUT2D eigenvalue weighted by molar-refractivity contribution is 0.240. The second kappa shape index (κ2) is 4.99. The third-order valence-corrected chi connectivity index (χ3v) is 4.06. The Hall–Kier alpha value is -1.73. The van der Waals surface area contributed by atoms with Gasteiger partial charge < -0.3 is 4.98 Å². The second-order valence-corrected chi connectivity index (χ2v) is 5.65. The molecule has 7 heteroatoms. The summed E-state index contributed by atoms with van der Waals surface area (Å²) in [5, 5.41) is 7.22. The number of aryl methyl sites for hydroxylation is 2. The summed E-state index contributed by atoms with van der Waals surface area (Å²) in [5.41, 5.74) is 5.02. The van der Waals surface area contributed by atoms with Crippen LogP contribution in [0.3, 0.4) is 0 Å². The van der Waals surface area contributed by atoms with Crippen molar-refractivity contribution in [1.82, 2.24) is 25.1 Å². The van der Waals surface area contributed by atoms with Crippen LogP contribution in [0, 0.1) is 18.6 Å². The largest absolute Gasteiger partial charge is 0.335 e. The SMILES string of the molecule is Cc1n[nH]c(C)c1CN1CCc2[nH]c(=S)[nH]c(=O)c2C1. The van der Waals surface area contributed by atoms with Crippen LogP contribution in [0.1, 0.15) is 28.2 Å². The number of nitrogens with one attached hydrogen (secondary N) is 3. The first-order chi connectivity index (χ1) is 9.54. The Labute approximate surface area is 121 Å². The van der Waals surface area contributed by atoms with E-state index >= 15 is 0 Å². The van der Waals surface area contributed by atoms with Crippen molar-refractivity contribution in [3.05, 3.63) is 43.3 Å². The molecule has 1 aliphatic heterocycles. The molecule has 2 aromatic heterocycles. The average Bonchev–Trinajstić information content (AvgIpc) is 2.71. The van der Waals surface area contributed by atoms with Gasteiger partial charge in [0.05, 0.1) is 11.3 Å². The number of aromatic amines is 3. The minimum absolute atomic E-state index is 0.0749. The van der Waals surface area contributed by atoms with E-state index in [1.165, 1.54) is 5.56 Å². The van der Waals surface area contributed by atoms with E-state index < -0.39 is 0 Å². The first-order valence-corrected chi connectivity index (χ1v) is 7.02. The van der Waals surface area contributed by atoms with Crippen LogP contribution in [-0.4, -0.2) is 31.6 Å². The average molecular weight is 291 g/mol. The fourth-order valence-electron chi connectivity index (χ4n) is 2.68. The van der Waals surface area contributed by atoms with Crippen LogP contribution in [0.25, 0.3) is 0 Å². The van der Waals surface area contributed by atoms with Gasteiger partial charge in [0.25, 0.3) is 5.56 Å². The molecular formula is C13H17N5OS. The smallest absolute Gasteiger partial charge is 0.256 e. The minimum Gasteiger partial charge on any atom is -0.335 e. The van der Waals surface area contributed by atoms with E-state index in [4.69, 9.17) is 12.2 Å². The first-order valence-electron chi connectivity index (χ1n) is 6.61. The van der Waals surface area contributed by atoms with Crippen molar-refractivity contribution in [2.45, 2.75) is 33.4 Å². The molecule has 0 spiro atoms. The Morgan fingerprint density at radius 1 is 1.35 bits per heavy atom. The van der Waals surface area contributed by atoms with E-state index in [1.54, 1.807) is 0 Å². The third-order valence-electron chi connectivity index (χ3n) is 3.85. The van der Waals surface area contributed by atoms with Gasteiger partial charge in [-0.25, -0.2) is 0 Å². The summed E-state index contributed by atoms with van der Waals surface area (Å²) in [6.07, 6.45) is 0.818. The maximum atomic E-state index is 12.0. The summed E-state index contributed by atoms with van der Waals surface area (Å²) in [4.78, 5) is 20.0. The van der Waals surface area contributed by atoms with Crippen LogP contribution < -0.4 is 5.56 Å². The van der Waals surface area contributed by atoms with E-state index in [0.717, 1.165) is 42.2 Å². The molecule has 0 radical (unpaired) electrons. The van der Waals surface area contributed by atoms with Gasteiger partial charge in [0.15, 0.2) is 4.77 Å². The van der Waals surface area contributed by atoms with Gasteiger partial charge in [-0.1, -0.05) is 0 Å². The number of aromatic nitrogens is 4. The van der Waals surface area contributed by atoms with Gasteiger partial charge in [-0.05, 0) is 26.1 Å². The number of hydrogen-bond donors (Lipinski definition) is 3. The molecule has 2 aromatic rings. The molecule has 0 unspecified atom stereocenters. The zero-order valence-electron chi connectivity index (χ0n) is 11.5. The molecule has 0 amide bonds. The van der Waals surface area contributed by atoms with Crippen LogP contribution in [0.5, 0.6) is 0 Å². The normalized spacial score (nSPS) is 15.3. The number of nitrogens with zero attached hydrogens (tertiary/aromatic N) is 2. The molecular weight excluding hydrogens is 274 g/mol. The van der Waals surface area contributed by atoms with Crippen LogP contribution in [-0.2, 0) is 19.5 Å². The van der Waals surface area contributed by atoms with Gasteiger partial charge in [-0.3, -0.25) is 19.8 Å². The van der Waals surface area contributed by atoms with Crippen LogP contribution >= 0.6 is 12.2 Å². The Kier molecular flexibility index (Phi) is 3.31. The molecule has 0 bridgehead atoms. The quantitative estimate of drug-likeness (QED) is 0.729. The zero-order valence-corrected chi connectivity index (χ0v) is 12.4. The lowest BCUT2D eigenvalue weighted by Gasteiger charge is -2.27. The molecule has 0 saturated heterocycles. The molecule has 3 N–H and O–H groups in total. The van der Waals surface area contributed by atoms with Crippen molar-refractivity contribution in [3.63, 3.8) is 0 Å². The molecule has 6 nitrogen and oxygen atoms in total. The standard InChI is InChI=1S/C13H17N5OS/c1-7-9(8(2)17-16-7)5-18-4-3-11-10(6-18)12(19)15-13(20)14-11/h3-6H2,1-2H3,(H,16,17)(H2,14,15,19,20). The summed E-state index contributed by atoms with van der Waals surface area (Å²) in [5.74, 6) is 0. The third kappa shape index (κ3) is 2.34. The summed E-state index contributed by atoms with van der Waals surface area (Å²) < 4.78 is 0.406. The highest BCUT2D eigenvalue weighted by Crippen LogP contribution is 2.18. The molecule has 0 fully saturated rings. The molecule has 0 saturated carbocycles. The van der Waals surface area contributed by atoms with E-state index in [0.29, 0.717) is 11.3 Å². The molecule has 0 aromatic carbocycles. The molecule has 0 atom stereocenters. The van der Waals surface area contributed by atoms with Gasteiger partial charge in [-0.2, -0.15) is 5.10 Å². The predicted octanol–water partition coefficient (Wildman–Crippen LogP) is 1.33. The number of H-pyrrole nitrogens is 3. The van der Waals surface area contributed by atoms with Crippen molar-refractivity contribution in [2.75, 3.05) is 6.54 Å². The fourth-order valence-corrected chi connectivity index (χ4v) is 2.89. The summed E-state index contributed by atoms with van der Waals surface area (Å²) in [6.45, 7) is 6.38. The monoisotopic (exact) mass is 291 g/mol. The first kappa shape index (κ1) is 13.3. The highest BCUT2D eigenvalue weighted by Gasteiger charge is 2.21. The van der Waals surface area contributed by atoms with Crippen LogP contribution in [0.15, 0.2) is 4.79 Å². The van der Waals surface area contributed by atoms with Crippen LogP contribution in [0.2, 0.25) is 0 Å². The Morgan fingerprint density at radius 3 is 2.85 bits per heavy atom. The summed E-state index contributed by atoms with van der Waals surface area (Å²) >= 11 is 5.00. The highest BCUT2D eigenvalue weighted by atomic mass is 32.1. The lowest BCUT2D eigenvalue weighted by Crippen LogP contribution is -2.35. The van der Waals surface area contributed by atoms with E-state index in [9.17, 15) is 4.79 Å². The topological polar surface area (TPSA) is 80.6 Å². The van der Waals surface area contributed by atoms with E-state index in [2.05, 4.69) is 25.1 Å². The second-order valence-electron chi connectivity index (χ2n) is 5.24. The van der Waals surface area contributed by atoms with E-state index in [-0.39, 0.29) is 5.56 Å². The maximum absolute atomic E-state index is 12.0. The van der Waals surface area contributed by atoms with Gasteiger partial charge in [0.1, 0.15) is 0 Å². The summed E-state index contributed by atoms with van der Waals surface area (Å²) in [7, 11) is 0. The Balaban J connectivity index is 1.86. The van der Waals surface area contributed by atoms with E-state index in [1.807, 2.05) is 13.8 Å². The van der Waals surface area contributed by atoms with Crippen molar-refractivity contribution in [1.29, 1.82) is 0 Å².